The summed E-state index contributed by atoms with van der Waals surface area (Å²) in [4.78, 5) is 12.0. The Morgan fingerprint density at radius 3 is 2.72 bits per heavy atom. The van der Waals surface area contributed by atoms with Crippen LogP contribution in [0.4, 0.5) is 0 Å². The Balaban J connectivity index is 1.67. The van der Waals surface area contributed by atoms with E-state index in [0.29, 0.717) is 30.6 Å². The van der Waals surface area contributed by atoms with Gasteiger partial charge in [0.25, 0.3) is 0 Å². The minimum absolute atomic E-state index is 0.197. The second-order valence-corrected chi connectivity index (χ2v) is 6.57. The summed E-state index contributed by atoms with van der Waals surface area (Å²) in [5.74, 6) is 1.52. The molecule has 2 aromatic rings. The van der Waals surface area contributed by atoms with E-state index >= 15 is 0 Å². The third-order valence-electron chi connectivity index (χ3n) is 3.89. The van der Waals surface area contributed by atoms with Crippen molar-refractivity contribution in [1.82, 2.24) is 5.01 Å². The van der Waals surface area contributed by atoms with E-state index in [1.165, 1.54) is 11.9 Å². The van der Waals surface area contributed by atoms with Crippen molar-refractivity contribution in [2.45, 2.75) is 13.2 Å². The normalized spacial score (nSPS) is 18.6. The summed E-state index contributed by atoms with van der Waals surface area (Å²) in [6.07, 6.45) is -0.599. The average molecular weight is 403 g/mol. The number of hydrogen-bond acceptors (Lipinski definition) is 5. The zero-order chi connectivity index (χ0) is 17.4. The van der Waals surface area contributed by atoms with Gasteiger partial charge in [0.15, 0.2) is 11.5 Å². The molecule has 0 spiro atoms. The van der Waals surface area contributed by atoms with Crippen LogP contribution < -0.4 is 9.47 Å². The molecule has 0 saturated heterocycles. The number of amides is 1. The molecule has 0 fully saturated rings. The molecule has 1 amide bonds. The van der Waals surface area contributed by atoms with E-state index in [0.717, 1.165) is 15.6 Å². The van der Waals surface area contributed by atoms with Gasteiger partial charge in [0.2, 0.25) is 18.0 Å². The summed E-state index contributed by atoms with van der Waals surface area (Å²) < 4.78 is 18.0. The molecule has 2 heterocycles. The number of hydrazone groups is 1. The number of rotatable bonds is 2. The fourth-order valence-corrected chi connectivity index (χ4v) is 3.15. The molecule has 1 atom stereocenters. The first-order chi connectivity index (χ1) is 12.1. The van der Waals surface area contributed by atoms with Crippen LogP contribution in [0.5, 0.6) is 11.5 Å². The third-order valence-corrected chi connectivity index (χ3v) is 4.38. The van der Waals surface area contributed by atoms with Gasteiger partial charge in [-0.25, -0.2) is 0 Å². The Kier molecular flexibility index (Phi) is 4.09. The summed E-state index contributed by atoms with van der Waals surface area (Å²) in [5, 5.41) is 5.70. The predicted octanol–water partition coefficient (Wildman–Crippen LogP) is 3.46. The van der Waals surface area contributed by atoms with E-state index < -0.39 is 6.23 Å². The van der Waals surface area contributed by atoms with Gasteiger partial charge in [-0.05, 0) is 30.3 Å². The van der Waals surface area contributed by atoms with E-state index in [1.54, 1.807) is 0 Å². The Hall–Kier alpha value is -2.54. The number of benzene rings is 2. The zero-order valence-electron chi connectivity index (χ0n) is 13.4. The van der Waals surface area contributed by atoms with Crippen molar-refractivity contribution in [3.05, 3.63) is 58.1 Å². The SMILES string of the molecule is CC(=O)N1N=C(c2ccc3c(c2)OCCO3)OC1c1cccc(Br)c1. The largest absolute Gasteiger partial charge is 0.486 e. The molecule has 0 radical (unpaired) electrons. The maximum atomic E-state index is 12.0. The van der Waals surface area contributed by atoms with Crippen molar-refractivity contribution in [3.8, 4) is 11.5 Å². The van der Waals surface area contributed by atoms with E-state index in [9.17, 15) is 4.79 Å². The van der Waals surface area contributed by atoms with Crippen LogP contribution in [-0.2, 0) is 9.53 Å². The van der Waals surface area contributed by atoms with Gasteiger partial charge in [-0.2, -0.15) is 5.01 Å². The van der Waals surface area contributed by atoms with Crippen LogP contribution in [0.15, 0.2) is 52.0 Å². The highest BCUT2D eigenvalue weighted by Gasteiger charge is 2.33. The lowest BCUT2D eigenvalue weighted by atomic mass is 10.2. The van der Waals surface area contributed by atoms with E-state index in [2.05, 4.69) is 21.0 Å². The van der Waals surface area contributed by atoms with Crippen LogP contribution >= 0.6 is 15.9 Å². The first kappa shape index (κ1) is 16.0. The van der Waals surface area contributed by atoms with Gasteiger partial charge in [0.1, 0.15) is 13.2 Å². The molecule has 128 valence electrons. The lowest BCUT2D eigenvalue weighted by Gasteiger charge is -2.20. The van der Waals surface area contributed by atoms with Gasteiger partial charge < -0.3 is 14.2 Å². The molecule has 2 aliphatic rings. The highest BCUT2D eigenvalue weighted by atomic mass is 79.9. The quantitative estimate of drug-likeness (QED) is 0.771. The molecule has 0 aliphatic carbocycles. The number of hydrogen-bond donors (Lipinski definition) is 0. The van der Waals surface area contributed by atoms with E-state index in [4.69, 9.17) is 14.2 Å². The van der Waals surface area contributed by atoms with Crippen LogP contribution in [0.3, 0.4) is 0 Å². The average Bonchev–Trinajstić information content (AvgIpc) is 3.07. The minimum Gasteiger partial charge on any atom is -0.486 e. The number of carbonyl (C=O) groups excluding carboxylic acids is 1. The highest BCUT2D eigenvalue weighted by Crippen LogP contribution is 2.35. The molecule has 0 bridgehead atoms. The second-order valence-electron chi connectivity index (χ2n) is 5.65. The zero-order valence-corrected chi connectivity index (χ0v) is 15.0. The van der Waals surface area contributed by atoms with E-state index in [-0.39, 0.29) is 5.91 Å². The molecule has 0 saturated carbocycles. The molecule has 0 N–H and O–H groups in total. The van der Waals surface area contributed by atoms with Crippen LogP contribution in [-0.4, -0.2) is 30.0 Å². The summed E-state index contributed by atoms with van der Waals surface area (Å²) in [5.41, 5.74) is 1.56. The van der Waals surface area contributed by atoms with Crippen LogP contribution in [0.1, 0.15) is 24.3 Å². The van der Waals surface area contributed by atoms with Gasteiger partial charge in [-0.1, -0.05) is 28.1 Å². The fraction of sp³-hybridized carbons (Fsp3) is 0.222. The fourth-order valence-electron chi connectivity index (χ4n) is 2.74. The number of nitrogens with zero attached hydrogens (tertiary/aromatic N) is 2. The molecule has 25 heavy (non-hydrogen) atoms. The molecule has 0 aromatic heterocycles. The molecule has 7 heteroatoms. The van der Waals surface area contributed by atoms with Crippen molar-refractivity contribution < 1.29 is 19.0 Å². The molecule has 1 unspecified atom stereocenters. The van der Waals surface area contributed by atoms with Gasteiger partial charge in [0.05, 0.1) is 0 Å². The summed E-state index contributed by atoms with van der Waals surface area (Å²) in [7, 11) is 0. The van der Waals surface area contributed by atoms with Crippen LogP contribution in [0, 0.1) is 0 Å². The Labute approximate surface area is 153 Å². The Bertz CT molecular complexity index is 868. The van der Waals surface area contributed by atoms with Gasteiger partial charge in [-0.3, -0.25) is 4.79 Å². The van der Waals surface area contributed by atoms with E-state index in [1.807, 2.05) is 42.5 Å². The number of fused-ring (bicyclic) bond motifs is 1. The maximum absolute atomic E-state index is 12.0. The molecule has 6 nitrogen and oxygen atoms in total. The second kappa shape index (κ2) is 6.40. The molecular formula is C18H15BrN2O4. The Morgan fingerprint density at radius 2 is 1.96 bits per heavy atom. The van der Waals surface area contributed by atoms with Gasteiger partial charge >= 0.3 is 0 Å². The molecule has 2 aromatic carbocycles. The van der Waals surface area contributed by atoms with Gasteiger partial charge in [0, 0.05) is 22.5 Å². The lowest BCUT2D eigenvalue weighted by molar-refractivity contribution is -0.135. The third kappa shape index (κ3) is 3.07. The van der Waals surface area contributed by atoms with Crippen LogP contribution in [0.2, 0.25) is 0 Å². The van der Waals surface area contributed by atoms with Crippen molar-refractivity contribution in [3.63, 3.8) is 0 Å². The van der Waals surface area contributed by atoms with Crippen molar-refractivity contribution >= 4 is 27.7 Å². The van der Waals surface area contributed by atoms with Crippen molar-refractivity contribution in [2.75, 3.05) is 13.2 Å². The minimum atomic E-state index is -0.599. The predicted molar refractivity (Wildman–Crippen MR) is 94.5 cm³/mol. The lowest BCUT2D eigenvalue weighted by Crippen LogP contribution is -2.25. The summed E-state index contributed by atoms with van der Waals surface area (Å²) in [6, 6.07) is 13.1. The standard InChI is InChI=1S/C18H15BrN2O4/c1-11(22)21-18(13-3-2-4-14(19)9-13)25-17(20-21)12-5-6-15-16(10-12)24-8-7-23-15/h2-6,9-10,18H,7-8H2,1H3. The first-order valence-electron chi connectivity index (χ1n) is 7.82. The Morgan fingerprint density at radius 1 is 1.16 bits per heavy atom. The van der Waals surface area contributed by atoms with Crippen LogP contribution in [0.25, 0.3) is 0 Å². The number of halogens is 1. The summed E-state index contributed by atoms with van der Waals surface area (Å²) in [6.45, 7) is 2.50. The van der Waals surface area contributed by atoms with Crippen molar-refractivity contribution in [1.29, 1.82) is 0 Å². The number of ether oxygens (including phenoxy) is 3. The topological polar surface area (TPSA) is 60.4 Å². The smallest absolute Gasteiger partial charge is 0.243 e. The number of carbonyl (C=O) groups is 1. The van der Waals surface area contributed by atoms with Gasteiger partial charge in [-0.15, -0.1) is 5.10 Å². The highest BCUT2D eigenvalue weighted by molar-refractivity contribution is 9.10. The first-order valence-corrected chi connectivity index (χ1v) is 8.62. The monoisotopic (exact) mass is 402 g/mol. The van der Waals surface area contributed by atoms with Crippen molar-refractivity contribution in [2.24, 2.45) is 5.10 Å². The molecule has 2 aliphatic heterocycles. The molecular weight excluding hydrogens is 388 g/mol. The maximum Gasteiger partial charge on any atom is 0.243 e. The summed E-state index contributed by atoms with van der Waals surface area (Å²) >= 11 is 3.44. The molecule has 4 rings (SSSR count).